The van der Waals surface area contributed by atoms with Gasteiger partial charge in [-0.1, -0.05) is 39.0 Å². The van der Waals surface area contributed by atoms with Crippen LogP contribution in [0.5, 0.6) is 0 Å². The lowest BCUT2D eigenvalue weighted by Crippen LogP contribution is -2.41. The maximum Gasteiger partial charge on any atom is 0.192 e. The minimum Gasteiger partial charge on any atom is -0.410 e. The molecule has 0 bridgehead atoms. The standard InChI is InChI=1S/C18H25NOSSi/c1-18(2,3)22(4,5)20-16-10-9-13-14(16)7-6-8-15(13)17-11-19-12-21-17/h6-8,11-12,16H,9-10H2,1-5H3. The number of thiazole rings is 1. The van der Waals surface area contributed by atoms with E-state index in [4.69, 9.17) is 4.43 Å². The van der Waals surface area contributed by atoms with E-state index in [1.807, 2.05) is 11.7 Å². The molecule has 1 aliphatic carbocycles. The largest absolute Gasteiger partial charge is 0.410 e. The molecule has 1 aromatic carbocycles. The number of nitrogens with zero attached hydrogens (tertiary/aromatic N) is 1. The third-order valence-corrected chi connectivity index (χ3v) is 10.4. The summed E-state index contributed by atoms with van der Waals surface area (Å²) in [5.41, 5.74) is 6.13. The molecule has 1 unspecified atom stereocenters. The Balaban J connectivity index is 1.92. The van der Waals surface area contributed by atoms with Gasteiger partial charge in [-0.05, 0) is 47.7 Å². The fourth-order valence-corrected chi connectivity index (χ4v) is 4.84. The predicted molar refractivity (Wildman–Crippen MR) is 96.9 cm³/mol. The first-order valence-electron chi connectivity index (χ1n) is 7.98. The van der Waals surface area contributed by atoms with Crippen LogP contribution in [0.15, 0.2) is 29.9 Å². The van der Waals surface area contributed by atoms with Gasteiger partial charge in [-0.2, -0.15) is 0 Å². The van der Waals surface area contributed by atoms with Crippen LogP contribution in [0.3, 0.4) is 0 Å². The van der Waals surface area contributed by atoms with Crippen molar-refractivity contribution >= 4 is 19.7 Å². The third-order valence-electron chi connectivity index (χ3n) is 5.16. The van der Waals surface area contributed by atoms with Crippen molar-refractivity contribution in [2.24, 2.45) is 0 Å². The van der Waals surface area contributed by atoms with Crippen LogP contribution in [0.1, 0.15) is 44.4 Å². The average molecular weight is 332 g/mol. The molecule has 0 saturated carbocycles. The van der Waals surface area contributed by atoms with E-state index in [1.54, 1.807) is 11.3 Å². The Kier molecular flexibility index (Phi) is 4.04. The number of hydrogen-bond donors (Lipinski definition) is 0. The zero-order valence-electron chi connectivity index (χ0n) is 14.1. The monoisotopic (exact) mass is 331 g/mol. The lowest BCUT2D eigenvalue weighted by Gasteiger charge is -2.38. The second-order valence-corrected chi connectivity index (χ2v) is 13.3. The average Bonchev–Trinajstić information content (AvgIpc) is 3.07. The van der Waals surface area contributed by atoms with Crippen molar-refractivity contribution in [2.45, 2.75) is 57.8 Å². The van der Waals surface area contributed by atoms with Crippen molar-refractivity contribution in [3.8, 4) is 10.4 Å². The van der Waals surface area contributed by atoms with Crippen molar-refractivity contribution in [3.63, 3.8) is 0 Å². The zero-order valence-corrected chi connectivity index (χ0v) is 16.0. The molecule has 0 amide bonds. The molecule has 2 aromatic rings. The van der Waals surface area contributed by atoms with Gasteiger partial charge in [-0.15, -0.1) is 11.3 Å². The fourth-order valence-electron chi connectivity index (χ4n) is 2.85. The van der Waals surface area contributed by atoms with Crippen molar-refractivity contribution < 1.29 is 4.43 Å². The van der Waals surface area contributed by atoms with Gasteiger partial charge in [0.2, 0.25) is 0 Å². The fraction of sp³-hybridized carbons (Fsp3) is 0.500. The SMILES string of the molecule is CC(C)(C)[Si](C)(C)OC1CCc2c(-c3cncs3)cccc21. The van der Waals surface area contributed by atoms with Gasteiger partial charge in [0.1, 0.15) is 0 Å². The van der Waals surface area contributed by atoms with Gasteiger partial charge in [0.15, 0.2) is 8.32 Å². The van der Waals surface area contributed by atoms with Gasteiger partial charge in [0, 0.05) is 6.20 Å². The minimum atomic E-state index is -1.73. The van der Waals surface area contributed by atoms with Crippen LogP contribution in [-0.2, 0) is 10.8 Å². The molecular formula is C18H25NOSSi. The summed E-state index contributed by atoms with van der Waals surface area (Å²) in [5.74, 6) is 0. The summed E-state index contributed by atoms with van der Waals surface area (Å²) in [7, 11) is -1.73. The van der Waals surface area contributed by atoms with Crippen molar-refractivity contribution in [2.75, 3.05) is 0 Å². The van der Waals surface area contributed by atoms with E-state index in [0.717, 1.165) is 12.8 Å². The van der Waals surface area contributed by atoms with Gasteiger partial charge in [0.05, 0.1) is 16.5 Å². The first-order valence-corrected chi connectivity index (χ1v) is 11.8. The zero-order chi connectivity index (χ0) is 16.0. The highest BCUT2D eigenvalue weighted by Crippen LogP contribution is 2.45. The molecule has 1 aliphatic rings. The maximum atomic E-state index is 6.69. The van der Waals surface area contributed by atoms with E-state index in [0.29, 0.717) is 0 Å². The Labute approximate surface area is 138 Å². The van der Waals surface area contributed by atoms with Gasteiger partial charge in [-0.25, -0.2) is 0 Å². The third kappa shape index (κ3) is 2.80. The van der Waals surface area contributed by atoms with E-state index in [9.17, 15) is 0 Å². The number of aromatic nitrogens is 1. The summed E-state index contributed by atoms with van der Waals surface area (Å²) in [6, 6.07) is 6.65. The number of rotatable bonds is 3. The number of hydrogen-bond acceptors (Lipinski definition) is 3. The van der Waals surface area contributed by atoms with Crippen LogP contribution in [0, 0.1) is 0 Å². The van der Waals surface area contributed by atoms with Crippen LogP contribution in [0.2, 0.25) is 18.1 Å². The molecule has 118 valence electrons. The molecule has 4 heteroatoms. The lowest BCUT2D eigenvalue weighted by molar-refractivity contribution is 0.185. The van der Waals surface area contributed by atoms with Crippen LogP contribution in [0.4, 0.5) is 0 Å². The second kappa shape index (κ2) is 5.59. The summed E-state index contributed by atoms with van der Waals surface area (Å²) in [6.45, 7) is 11.6. The highest BCUT2D eigenvalue weighted by molar-refractivity contribution is 7.13. The van der Waals surface area contributed by atoms with Gasteiger partial charge in [-0.3, -0.25) is 4.98 Å². The second-order valence-electron chi connectivity index (χ2n) is 7.64. The molecule has 0 aliphatic heterocycles. The first-order chi connectivity index (χ1) is 10.3. The Bertz CT molecular complexity index is 658. The summed E-state index contributed by atoms with van der Waals surface area (Å²) in [4.78, 5) is 5.50. The summed E-state index contributed by atoms with van der Waals surface area (Å²) in [5, 5.41) is 0.255. The number of benzene rings is 1. The van der Waals surface area contributed by atoms with Gasteiger partial charge >= 0.3 is 0 Å². The van der Waals surface area contributed by atoms with Crippen LogP contribution >= 0.6 is 11.3 Å². The molecule has 0 spiro atoms. The Morgan fingerprint density at radius 3 is 2.68 bits per heavy atom. The summed E-state index contributed by atoms with van der Waals surface area (Å²) >= 11 is 1.72. The highest BCUT2D eigenvalue weighted by atomic mass is 32.1. The van der Waals surface area contributed by atoms with Crippen molar-refractivity contribution in [3.05, 3.63) is 41.0 Å². The lowest BCUT2D eigenvalue weighted by atomic mass is 10.0. The van der Waals surface area contributed by atoms with E-state index < -0.39 is 8.32 Å². The molecule has 1 atom stereocenters. The molecule has 0 fully saturated rings. The highest BCUT2D eigenvalue weighted by Gasteiger charge is 2.41. The maximum absolute atomic E-state index is 6.69. The summed E-state index contributed by atoms with van der Waals surface area (Å²) < 4.78 is 6.69. The van der Waals surface area contributed by atoms with Gasteiger partial charge in [0.25, 0.3) is 0 Å². The molecule has 1 aromatic heterocycles. The van der Waals surface area contributed by atoms with E-state index >= 15 is 0 Å². The molecule has 1 heterocycles. The van der Waals surface area contributed by atoms with Crippen LogP contribution in [0.25, 0.3) is 10.4 Å². The van der Waals surface area contributed by atoms with Crippen molar-refractivity contribution in [1.29, 1.82) is 0 Å². The number of fused-ring (bicyclic) bond motifs is 1. The molecule has 0 N–H and O–H groups in total. The molecule has 22 heavy (non-hydrogen) atoms. The minimum absolute atomic E-state index is 0.255. The van der Waals surface area contributed by atoms with Crippen molar-refractivity contribution in [1.82, 2.24) is 4.98 Å². The molecular weight excluding hydrogens is 306 g/mol. The van der Waals surface area contributed by atoms with Crippen LogP contribution < -0.4 is 0 Å². The van der Waals surface area contributed by atoms with Gasteiger partial charge < -0.3 is 4.43 Å². The first kappa shape index (κ1) is 15.9. The normalized spacial score (nSPS) is 18.5. The molecule has 3 rings (SSSR count). The topological polar surface area (TPSA) is 22.1 Å². The molecule has 0 saturated heterocycles. The molecule has 0 radical (unpaired) electrons. The Morgan fingerprint density at radius 2 is 2.05 bits per heavy atom. The molecule has 2 nitrogen and oxygen atoms in total. The quantitative estimate of drug-likeness (QED) is 0.661. The smallest absolute Gasteiger partial charge is 0.192 e. The summed E-state index contributed by atoms with van der Waals surface area (Å²) in [6.07, 6.45) is 4.46. The predicted octanol–water partition coefficient (Wildman–Crippen LogP) is 5.82. The van der Waals surface area contributed by atoms with Crippen LogP contribution in [-0.4, -0.2) is 13.3 Å². The Hall–Kier alpha value is -0.973. The van der Waals surface area contributed by atoms with E-state index in [-0.39, 0.29) is 11.1 Å². The Morgan fingerprint density at radius 1 is 1.27 bits per heavy atom. The van der Waals surface area contributed by atoms with E-state index in [2.05, 4.69) is 57.0 Å². The van der Waals surface area contributed by atoms with E-state index in [1.165, 1.54) is 21.6 Å².